The van der Waals surface area contributed by atoms with Crippen LogP contribution in [0.25, 0.3) is 0 Å². The molecular weight excluding hydrogens is 232 g/mol. The molecule has 0 atom stereocenters. The summed E-state index contributed by atoms with van der Waals surface area (Å²) in [5.74, 6) is 0.587. The second kappa shape index (κ2) is 7.50. The maximum atomic E-state index is 11.1. The zero-order chi connectivity index (χ0) is 13.4. The molecule has 1 rings (SSSR count). The van der Waals surface area contributed by atoms with Gasteiger partial charge in [0.05, 0.1) is 5.69 Å². The number of carbonyl (C=O) groups is 1. The molecule has 0 aromatic carbocycles. The Morgan fingerprint density at radius 1 is 1.50 bits per heavy atom. The van der Waals surface area contributed by atoms with Crippen LogP contribution >= 0.6 is 0 Å². The van der Waals surface area contributed by atoms with Crippen molar-refractivity contribution in [1.82, 2.24) is 10.3 Å². The Morgan fingerprint density at radius 2 is 2.28 bits per heavy atom. The number of methoxy groups -OCH3 is 1. The fraction of sp³-hybridized carbons (Fsp3) is 0.500. The molecule has 0 aliphatic rings. The summed E-state index contributed by atoms with van der Waals surface area (Å²) < 4.78 is 4.70. The van der Waals surface area contributed by atoms with Gasteiger partial charge in [-0.15, -0.1) is 0 Å². The minimum atomic E-state index is -0.106. The van der Waals surface area contributed by atoms with E-state index in [1.165, 1.54) is 7.11 Å². The number of hydrogen-bond donors (Lipinski definition) is 3. The van der Waals surface area contributed by atoms with Gasteiger partial charge in [0.2, 0.25) is 5.91 Å². The number of ether oxygens (including phenoxy) is 1. The van der Waals surface area contributed by atoms with E-state index in [1.807, 2.05) is 13.0 Å². The number of amides is 1. The highest BCUT2D eigenvalue weighted by atomic mass is 16.5. The molecule has 0 bridgehead atoms. The molecule has 0 radical (unpaired) electrons. The smallest absolute Gasteiger partial charge is 0.245 e. The Kier molecular flexibility index (Phi) is 5.93. The third-order valence-corrected chi connectivity index (χ3v) is 2.45. The van der Waals surface area contributed by atoms with Gasteiger partial charge in [0.1, 0.15) is 12.4 Å². The number of nitrogens with zero attached hydrogens (tertiary/aromatic N) is 1. The Hall–Kier alpha value is -1.82. The van der Waals surface area contributed by atoms with Crippen LogP contribution in [0.3, 0.4) is 0 Å². The van der Waals surface area contributed by atoms with E-state index < -0.39 is 0 Å². The Balaban J connectivity index is 2.22. The molecule has 0 aliphatic carbocycles. The third-order valence-electron chi connectivity index (χ3n) is 2.45. The number of hydrogen-bond acceptors (Lipinski definition) is 5. The molecule has 1 heterocycles. The molecule has 6 nitrogen and oxygen atoms in total. The second-order valence-electron chi connectivity index (χ2n) is 3.95. The summed E-state index contributed by atoms with van der Waals surface area (Å²) in [5.41, 5.74) is 7.54. The maximum Gasteiger partial charge on any atom is 0.245 e. The molecular formula is C12H20N4O2. The van der Waals surface area contributed by atoms with Crippen molar-refractivity contribution in [2.45, 2.75) is 13.3 Å². The van der Waals surface area contributed by atoms with Crippen molar-refractivity contribution >= 4 is 17.4 Å². The lowest BCUT2D eigenvalue weighted by atomic mass is 10.2. The van der Waals surface area contributed by atoms with E-state index in [9.17, 15) is 4.79 Å². The maximum absolute atomic E-state index is 11.1. The van der Waals surface area contributed by atoms with Gasteiger partial charge in [-0.2, -0.15) is 0 Å². The molecule has 4 N–H and O–H groups in total. The van der Waals surface area contributed by atoms with Crippen LogP contribution in [-0.4, -0.2) is 37.7 Å². The number of nitrogen functional groups attached to an aromatic ring is 1. The molecule has 0 spiro atoms. The predicted octanol–water partition coefficient (Wildman–Crippen LogP) is 0.537. The van der Waals surface area contributed by atoms with Crippen LogP contribution in [0.1, 0.15) is 12.0 Å². The first-order valence-electron chi connectivity index (χ1n) is 5.85. The van der Waals surface area contributed by atoms with Gasteiger partial charge in [-0.1, -0.05) is 0 Å². The number of aryl methyl sites for hydroxylation is 1. The fourth-order valence-corrected chi connectivity index (χ4v) is 1.42. The minimum Gasteiger partial charge on any atom is -0.396 e. The molecule has 100 valence electrons. The predicted molar refractivity (Wildman–Crippen MR) is 71.4 cm³/mol. The van der Waals surface area contributed by atoms with E-state index in [0.717, 1.165) is 12.0 Å². The van der Waals surface area contributed by atoms with Crippen LogP contribution < -0.4 is 16.4 Å². The molecule has 1 amide bonds. The van der Waals surface area contributed by atoms with E-state index in [2.05, 4.69) is 15.6 Å². The first-order chi connectivity index (χ1) is 8.65. The number of anilines is 2. The van der Waals surface area contributed by atoms with Crippen LogP contribution in [0.15, 0.2) is 12.3 Å². The highest BCUT2D eigenvalue weighted by Crippen LogP contribution is 2.18. The zero-order valence-electron chi connectivity index (χ0n) is 10.8. The lowest BCUT2D eigenvalue weighted by Gasteiger charge is -2.10. The van der Waals surface area contributed by atoms with E-state index in [1.54, 1.807) is 6.20 Å². The number of pyridine rings is 1. The van der Waals surface area contributed by atoms with Crippen LogP contribution in [0.2, 0.25) is 0 Å². The molecule has 1 aromatic rings. The average molecular weight is 252 g/mol. The molecule has 0 saturated carbocycles. The van der Waals surface area contributed by atoms with Gasteiger partial charge < -0.3 is 21.1 Å². The van der Waals surface area contributed by atoms with Crippen LogP contribution in [-0.2, 0) is 9.53 Å². The van der Waals surface area contributed by atoms with Crippen molar-refractivity contribution in [2.75, 3.05) is 37.9 Å². The normalized spacial score (nSPS) is 10.1. The number of nitrogens with two attached hydrogens (primary N) is 1. The molecule has 0 fully saturated rings. The van der Waals surface area contributed by atoms with Crippen LogP contribution in [0.5, 0.6) is 0 Å². The topological polar surface area (TPSA) is 89.3 Å². The van der Waals surface area contributed by atoms with Crippen LogP contribution in [0, 0.1) is 6.92 Å². The van der Waals surface area contributed by atoms with Gasteiger partial charge in [-0.05, 0) is 25.0 Å². The number of carbonyl (C=O) groups excluding carboxylic acids is 1. The van der Waals surface area contributed by atoms with Gasteiger partial charge in [0.25, 0.3) is 0 Å². The number of nitrogens with one attached hydrogen (secondary N) is 2. The summed E-state index contributed by atoms with van der Waals surface area (Å²) in [5, 5.41) is 5.88. The van der Waals surface area contributed by atoms with Crippen molar-refractivity contribution in [2.24, 2.45) is 0 Å². The first kappa shape index (κ1) is 14.2. The molecule has 0 aliphatic heterocycles. The van der Waals surface area contributed by atoms with E-state index in [4.69, 9.17) is 10.5 Å². The van der Waals surface area contributed by atoms with Crippen molar-refractivity contribution in [3.63, 3.8) is 0 Å². The van der Waals surface area contributed by atoms with Crippen molar-refractivity contribution in [3.05, 3.63) is 17.8 Å². The molecule has 0 unspecified atom stereocenters. The molecule has 6 heteroatoms. The SMILES string of the molecule is COCC(=O)NCCCNc1nccc(C)c1N. The zero-order valence-corrected chi connectivity index (χ0v) is 10.8. The van der Waals surface area contributed by atoms with Gasteiger partial charge in [-0.3, -0.25) is 4.79 Å². The van der Waals surface area contributed by atoms with Crippen molar-refractivity contribution < 1.29 is 9.53 Å². The Bertz CT molecular complexity index is 396. The molecule has 1 aromatic heterocycles. The highest BCUT2D eigenvalue weighted by Gasteiger charge is 2.02. The number of rotatable bonds is 7. The first-order valence-corrected chi connectivity index (χ1v) is 5.85. The van der Waals surface area contributed by atoms with E-state index in [0.29, 0.717) is 24.6 Å². The third kappa shape index (κ3) is 4.58. The summed E-state index contributed by atoms with van der Waals surface area (Å²) >= 11 is 0. The standard InChI is InChI=1S/C12H20N4O2/c1-9-4-7-16-12(11(9)13)15-6-3-5-14-10(17)8-18-2/h4,7H,3,5-6,8,13H2,1-2H3,(H,14,17)(H,15,16). The minimum absolute atomic E-state index is 0.0970. The number of aromatic nitrogens is 1. The van der Waals surface area contributed by atoms with Gasteiger partial charge in [0.15, 0.2) is 0 Å². The summed E-state index contributed by atoms with van der Waals surface area (Å²) in [6, 6.07) is 1.87. The van der Waals surface area contributed by atoms with Crippen molar-refractivity contribution in [3.8, 4) is 0 Å². The second-order valence-corrected chi connectivity index (χ2v) is 3.95. The average Bonchev–Trinajstić information content (AvgIpc) is 2.34. The fourth-order valence-electron chi connectivity index (χ4n) is 1.42. The summed E-state index contributed by atoms with van der Waals surface area (Å²) in [7, 11) is 1.49. The summed E-state index contributed by atoms with van der Waals surface area (Å²) in [6.07, 6.45) is 2.51. The van der Waals surface area contributed by atoms with E-state index >= 15 is 0 Å². The molecule has 18 heavy (non-hydrogen) atoms. The van der Waals surface area contributed by atoms with Crippen molar-refractivity contribution in [1.29, 1.82) is 0 Å². The molecule has 0 saturated heterocycles. The van der Waals surface area contributed by atoms with Crippen LogP contribution in [0.4, 0.5) is 11.5 Å². The lowest BCUT2D eigenvalue weighted by molar-refractivity contribution is -0.124. The Labute approximate surface area is 107 Å². The van der Waals surface area contributed by atoms with Gasteiger partial charge >= 0.3 is 0 Å². The monoisotopic (exact) mass is 252 g/mol. The Morgan fingerprint density at radius 3 is 3.00 bits per heavy atom. The summed E-state index contributed by atoms with van der Waals surface area (Å²) in [4.78, 5) is 15.2. The quantitative estimate of drug-likeness (QED) is 0.616. The largest absolute Gasteiger partial charge is 0.396 e. The lowest BCUT2D eigenvalue weighted by Crippen LogP contribution is -2.29. The highest BCUT2D eigenvalue weighted by molar-refractivity contribution is 5.77. The van der Waals surface area contributed by atoms with Gasteiger partial charge in [-0.25, -0.2) is 4.98 Å². The van der Waals surface area contributed by atoms with Gasteiger partial charge in [0, 0.05) is 26.4 Å². The summed E-state index contributed by atoms with van der Waals surface area (Å²) in [6.45, 7) is 3.34. The van der Waals surface area contributed by atoms with E-state index in [-0.39, 0.29) is 12.5 Å².